The largest absolute Gasteiger partial charge is 0.465 e. The number of allylic oxidation sites excluding steroid dienone is 2. The summed E-state index contributed by atoms with van der Waals surface area (Å²) in [6.07, 6.45) is 21.7. The van der Waals surface area contributed by atoms with Gasteiger partial charge in [0.05, 0.1) is 13.0 Å². The molecule has 0 bridgehead atoms. The van der Waals surface area contributed by atoms with Crippen molar-refractivity contribution in [3.05, 3.63) is 12.2 Å². The summed E-state index contributed by atoms with van der Waals surface area (Å²) in [5.74, 6) is 1.01. The number of hydrogen-bond acceptors (Lipinski definition) is 4. The second-order valence-electron chi connectivity index (χ2n) is 10.8. The Bertz CT molecular complexity index is 595. The van der Waals surface area contributed by atoms with Gasteiger partial charge in [-0.15, -0.1) is 0 Å². The maximum absolute atomic E-state index is 13.1. The van der Waals surface area contributed by atoms with E-state index in [0.29, 0.717) is 37.7 Å². The van der Waals surface area contributed by atoms with E-state index in [9.17, 15) is 14.4 Å². The lowest BCUT2D eigenvalue weighted by molar-refractivity contribution is -0.148. The van der Waals surface area contributed by atoms with E-state index in [4.69, 9.17) is 4.74 Å². The fourth-order valence-corrected chi connectivity index (χ4v) is 4.66. The molecule has 0 fully saturated rings. The first-order chi connectivity index (χ1) is 17.4. The number of unbranched alkanes of at least 4 members (excludes halogenated alkanes) is 6. The highest BCUT2D eigenvalue weighted by Gasteiger charge is 2.23. The second-order valence-corrected chi connectivity index (χ2v) is 10.8. The Morgan fingerprint density at radius 2 is 1.36 bits per heavy atom. The van der Waals surface area contributed by atoms with Gasteiger partial charge in [-0.25, -0.2) is 0 Å². The van der Waals surface area contributed by atoms with Crippen LogP contribution >= 0.6 is 0 Å². The van der Waals surface area contributed by atoms with Gasteiger partial charge in [0.1, 0.15) is 11.6 Å². The molecular weight excluding hydrogens is 448 g/mol. The number of rotatable bonds is 25. The van der Waals surface area contributed by atoms with Crippen LogP contribution in [0.2, 0.25) is 0 Å². The summed E-state index contributed by atoms with van der Waals surface area (Å²) in [5, 5.41) is 0. The van der Waals surface area contributed by atoms with Gasteiger partial charge in [0.25, 0.3) is 0 Å². The summed E-state index contributed by atoms with van der Waals surface area (Å²) in [5.41, 5.74) is 0. The van der Waals surface area contributed by atoms with Crippen molar-refractivity contribution in [3.63, 3.8) is 0 Å². The molecule has 0 amide bonds. The van der Waals surface area contributed by atoms with Gasteiger partial charge in [0.2, 0.25) is 0 Å². The molecule has 0 heterocycles. The van der Waals surface area contributed by atoms with E-state index in [1.807, 2.05) is 0 Å². The Morgan fingerprint density at radius 3 is 1.97 bits per heavy atom. The van der Waals surface area contributed by atoms with Crippen molar-refractivity contribution in [3.8, 4) is 0 Å². The summed E-state index contributed by atoms with van der Waals surface area (Å²) in [4.78, 5) is 36.8. The third-order valence-corrected chi connectivity index (χ3v) is 7.47. The van der Waals surface area contributed by atoms with E-state index in [2.05, 4.69) is 39.8 Å². The van der Waals surface area contributed by atoms with Crippen molar-refractivity contribution in [1.82, 2.24) is 0 Å². The van der Waals surface area contributed by atoms with Gasteiger partial charge >= 0.3 is 5.97 Å². The first-order valence-corrected chi connectivity index (χ1v) is 15.2. The van der Waals surface area contributed by atoms with Crippen LogP contribution in [-0.4, -0.2) is 24.1 Å². The number of hydrogen-bond donors (Lipinski definition) is 0. The first-order valence-electron chi connectivity index (χ1n) is 15.2. The number of carbonyl (C=O) groups is 3. The monoisotopic (exact) mass is 506 g/mol. The van der Waals surface area contributed by atoms with Crippen LogP contribution in [0.3, 0.4) is 0 Å². The second kappa shape index (κ2) is 23.9. The van der Waals surface area contributed by atoms with E-state index >= 15 is 0 Å². The van der Waals surface area contributed by atoms with Crippen molar-refractivity contribution >= 4 is 17.5 Å². The Kier molecular flexibility index (Phi) is 23.0. The quantitative estimate of drug-likeness (QED) is 0.0703. The topological polar surface area (TPSA) is 60.4 Å². The molecule has 0 rings (SSSR count). The molecule has 0 radical (unpaired) electrons. The number of carbonyl (C=O) groups excluding carboxylic acids is 3. The summed E-state index contributed by atoms with van der Waals surface area (Å²) in [7, 11) is 0. The predicted molar refractivity (Wildman–Crippen MR) is 152 cm³/mol. The maximum Gasteiger partial charge on any atom is 0.306 e. The van der Waals surface area contributed by atoms with Gasteiger partial charge < -0.3 is 9.53 Å². The third kappa shape index (κ3) is 19.7. The van der Waals surface area contributed by atoms with Crippen LogP contribution in [0.25, 0.3) is 0 Å². The maximum atomic E-state index is 13.1. The molecule has 0 saturated heterocycles. The molecule has 36 heavy (non-hydrogen) atoms. The summed E-state index contributed by atoms with van der Waals surface area (Å²) < 4.78 is 5.63. The Hall–Kier alpha value is -1.45. The number of ketones is 2. The average molecular weight is 507 g/mol. The normalized spacial score (nSPS) is 14.0. The molecule has 0 aromatic heterocycles. The zero-order valence-corrected chi connectivity index (χ0v) is 24.5. The molecule has 0 N–H and O–H groups in total. The van der Waals surface area contributed by atoms with Crippen molar-refractivity contribution in [2.75, 3.05) is 6.61 Å². The Balaban J connectivity index is 4.75. The van der Waals surface area contributed by atoms with Crippen LogP contribution in [0.15, 0.2) is 12.2 Å². The number of esters is 1. The summed E-state index contributed by atoms with van der Waals surface area (Å²) in [6, 6.07) is 0. The molecule has 0 aliphatic carbocycles. The lowest BCUT2D eigenvalue weighted by Gasteiger charge is -2.18. The smallest absolute Gasteiger partial charge is 0.306 e. The third-order valence-electron chi connectivity index (χ3n) is 7.47. The van der Waals surface area contributed by atoms with Crippen LogP contribution in [-0.2, 0) is 19.1 Å². The predicted octanol–water partition coefficient (Wildman–Crippen LogP) is 9.19. The van der Waals surface area contributed by atoms with E-state index < -0.39 is 0 Å². The van der Waals surface area contributed by atoms with E-state index in [1.165, 1.54) is 19.3 Å². The van der Waals surface area contributed by atoms with E-state index in [-0.39, 0.29) is 29.9 Å². The van der Waals surface area contributed by atoms with Crippen LogP contribution in [0, 0.1) is 17.8 Å². The van der Waals surface area contributed by atoms with Gasteiger partial charge in [-0.05, 0) is 57.3 Å². The zero-order chi connectivity index (χ0) is 27.0. The Morgan fingerprint density at radius 1 is 0.722 bits per heavy atom. The van der Waals surface area contributed by atoms with Crippen molar-refractivity contribution in [1.29, 1.82) is 0 Å². The number of ether oxygens (including phenoxy) is 1. The molecule has 0 aromatic carbocycles. The molecule has 4 heteroatoms. The van der Waals surface area contributed by atoms with Crippen molar-refractivity contribution < 1.29 is 19.1 Å². The summed E-state index contributed by atoms with van der Waals surface area (Å²) >= 11 is 0. The molecular formula is C32H58O4. The minimum absolute atomic E-state index is 0.199. The fraction of sp³-hybridized carbons (Fsp3) is 0.844. The molecule has 0 aliphatic heterocycles. The lowest BCUT2D eigenvalue weighted by atomic mass is 9.88. The highest BCUT2D eigenvalue weighted by molar-refractivity contribution is 5.85. The molecule has 0 saturated carbocycles. The zero-order valence-electron chi connectivity index (χ0n) is 24.5. The SMILES string of the molecule is CCCCC(CC)CCC(=O)C(C/C=C/CCCCCCC(C)=O)CC(=O)OCC(CC)CCCC. The van der Waals surface area contributed by atoms with E-state index in [1.54, 1.807) is 6.92 Å². The minimum Gasteiger partial charge on any atom is -0.465 e. The standard InChI is InChI=1S/C32H58O4/c1-6-10-20-28(8-3)23-24-31(34)30(22-18-16-14-12-13-15-17-19-27(5)33)25-32(35)36-26-29(9-4)21-11-7-2/h16,18,28-30H,6-15,17,19-26H2,1-5H3/b18-16+. The van der Waals surface area contributed by atoms with Crippen molar-refractivity contribution in [2.24, 2.45) is 17.8 Å². The van der Waals surface area contributed by atoms with E-state index in [0.717, 1.165) is 70.6 Å². The molecule has 0 spiro atoms. The van der Waals surface area contributed by atoms with Gasteiger partial charge in [-0.1, -0.05) is 97.6 Å². The molecule has 0 aliphatic rings. The van der Waals surface area contributed by atoms with Crippen LogP contribution in [0.1, 0.15) is 150 Å². The van der Waals surface area contributed by atoms with Crippen LogP contribution < -0.4 is 0 Å². The van der Waals surface area contributed by atoms with Gasteiger partial charge in [-0.3, -0.25) is 9.59 Å². The molecule has 3 unspecified atom stereocenters. The average Bonchev–Trinajstić information content (AvgIpc) is 2.86. The molecule has 3 atom stereocenters. The molecule has 0 aromatic rings. The molecule has 4 nitrogen and oxygen atoms in total. The van der Waals surface area contributed by atoms with Crippen LogP contribution in [0.5, 0.6) is 0 Å². The van der Waals surface area contributed by atoms with Gasteiger partial charge in [0, 0.05) is 18.8 Å². The van der Waals surface area contributed by atoms with Gasteiger partial charge in [-0.2, -0.15) is 0 Å². The fourth-order valence-electron chi connectivity index (χ4n) is 4.66. The highest BCUT2D eigenvalue weighted by atomic mass is 16.5. The Labute approximate surface area is 223 Å². The van der Waals surface area contributed by atoms with Crippen LogP contribution in [0.4, 0.5) is 0 Å². The number of Topliss-reactive ketones (excluding diaryl/α,β-unsaturated/α-hetero) is 2. The molecule has 210 valence electrons. The first kappa shape index (κ1) is 34.6. The summed E-state index contributed by atoms with van der Waals surface area (Å²) in [6.45, 7) is 10.9. The van der Waals surface area contributed by atoms with Gasteiger partial charge in [0.15, 0.2) is 0 Å². The minimum atomic E-state index is -0.274. The highest BCUT2D eigenvalue weighted by Crippen LogP contribution is 2.23. The van der Waals surface area contributed by atoms with Crippen molar-refractivity contribution in [2.45, 2.75) is 150 Å². The lowest BCUT2D eigenvalue weighted by Crippen LogP contribution is -2.22.